The molecule has 0 amide bonds. The van der Waals surface area contributed by atoms with Crippen LogP contribution in [0.25, 0.3) is 0 Å². The number of fused-ring (bicyclic) bond motifs is 3. The quantitative estimate of drug-likeness (QED) is 0.615. The Balaban J connectivity index is 1.36. The van der Waals surface area contributed by atoms with E-state index in [1.165, 1.54) is 5.56 Å². The molecule has 1 aromatic carbocycles. The van der Waals surface area contributed by atoms with Gasteiger partial charge >= 0.3 is 5.92 Å². The first-order chi connectivity index (χ1) is 16.3. The molecule has 2 N–H and O–H groups in total. The zero-order valence-electron chi connectivity index (χ0n) is 18.6. The van der Waals surface area contributed by atoms with Crippen LogP contribution in [0.3, 0.4) is 0 Å². The normalized spacial score (nSPS) is 30.6. The molecule has 3 atom stereocenters. The number of benzene rings is 1. The van der Waals surface area contributed by atoms with Gasteiger partial charge in [0.05, 0.1) is 28.7 Å². The predicted molar refractivity (Wildman–Crippen MR) is 127 cm³/mol. The third-order valence-corrected chi connectivity index (χ3v) is 9.76. The number of nitrogens with zero attached hydrogens (tertiary/aromatic N) is 3. The Labute approximate surface area is 204 Å². The van der Waals surface area contributed by atoms with Gasteiger partial charge in [0.1, 0.15) is 16.4 Å². The minimum Gasteiger partial charge on any atom is -0.394 e. The Morgan fingerprint density at radius 2 is 1.82 bits per heavy atom. The topological polar surface area (TPSA) is 78.4 Å². The van der Waals surface area contributed by atoms with E-state index in [0.29, 0.717) is 10.9 Å². The zero-order valence-corrected chi connectivity index (χ0v) is 20.2. The first kappa shape index (κ1) is 22.6. The van der Waals surface area contributed by atoms with Crippen molar-refractivity contribution >= 4 is 34.2 Å². The van der Waals surface area contributed by atoms with Crippen LogP contribution in [0.2, 0.25) is 5.02 Å². The van der Waals surface area contributed by atoms with Crippen molar-refractivity contribution in [1.29, 1.82) is 0 Å². The van der Waals surface area contributed by atoms with Crippen LogP contribution < -0.4 is 10.2 Å². The third-order valence-electron chi connectivity index (χ3n) is 8.04. The van der Waals surface area contributed by atoms with Crippen molar-refractivity contribution in [3.8, 4) is 0 Å². The number of hydrogen-bond acceptors (Lipinski definition) is 6. The fraction of sp³-hybridized carbons (Fsp3) is 0.583. The molecule has 0 radical (unpaired) electrons. The zero-order chi connectivity index (χ0) is 23.7. The van der Waals surface area contributed by atoms with E-state index >= 15 is 0 Å². The molecule has 2 bridgehead atoms. The monoisotopic (exact) mass is 508 g/mol. The predicted octanol–water partition coefficient (Wildman–Crippen LogP) is 4.58. The number of aliphatic hydroxyl groups is 1. The van der Waals surface area contributed by atoms with Crippen LogP contribution >= 0.6 is 11.6 Å². The number of aliphatic hydroxyl groups excluding tert-OH is 1. The number of anilines is 2. The van der Waals surface area contributed by atoms with Gasteiger partial charge in [-0.25, -0.2) is 4.98 Å². The van der Waals surface area contributed by atoms with E-state index in [4.69, 9.17) is 16.6 Å². The van der Waals surface area contributed by atoms with E-state index in [1.807, 2.05) is 12.1 Å². The molecule has 2 unspecified atom stereocenters. The summed E-state index contributed by atoms with van der Waals surface area (Å²) in [5.74, 6) is -3.18. The van der Waals surface area contributed by atoms with Crippen molar-refractivity contribution in [3.05, 3.63) is 40.5 Å². The van der Waals surface area contributed by atoms with Gasteiger partial charge in [-0.15, -0.1) is 0 Å². The maximum absolute atomic E-state index is 14.9. The second-order valence-corrected chi connectivity index (χ2v) is 12.0. The number of piperidine rings is 1. The molecule has 6 rings (SSSR count). The molecule has 10 heteroatoms. The van der Waals surface area contributed by atoms with E-state index in [2.05, 4.69) is 27.3 Å². The number of nitrogens with one attached hydrogen (secondary N) is 1. The summed E-state index contributed by atoms with van der Waals surface area (Å²) in [6.07, 6.45) is 6.09. The van der Waals surface area contributed by atoms with E-state index in [1.54, 1.807) is 0 Å². The Morgan fingerprint density at radius 1 is 1.15 bits per heavy atom. The van der Waals surface area contributed by atoms with Crippen molar-refractivity contribution in [3.63, 3.8) is 0 Å². The first-order valence-corrected chi connectivity index (χ1v) is 13.6. The van der Waals surface area contributed by atoms with Gasteiger partial charge in [-0.3, -0.25) is 4.21 Å². The van der Waals surface area contributed by atoms with Crippen molar-refractivity contribution in [2.75, 3.05) is 22.6 Å². The molecule has 3 fully saturated rings. The van der Waals surface area contributed by atoms with E-state index in [9.17, 15) is 18.1 Å². The molecule has 0 spiro atoms. The molecular weight excluding hydrogens is 482 g/mol. The molecule has 6 nitrogen and oxygen atoms in total. The Bertz CT molecular complexity index is 1130. The Morgan fingerprint density at radius 3 is 2.41 bits per heavy atom. The first-order valence-electron chi connectivity index (χ1n) is 11.9. The number of halogens is 3. The van der Waals surface area contributed by atoms with Crippen LogP contribution in [0.1, 0.15) is 62.1 Å². The summed E-state index contributed by atoms with van der Waals surface area (Å²) in [6, 6.07) is 8.26. The molecule has 2 aromatic rings. The van der Waals surface area contributed by atoms with Gasteiger partial charge in [-0.1, -0.05) is 23.7 Å². The lowest BCUT2D eigenvalue weighted by Gasteiger charge is -2.42. The van der Waals surface area contributed by atoms with Gasteiger partial charge in [-0.2, -0.15) is 13.8 Å². The average molecular weight is 509 g/mol. The Kier molecular flexibility index (Phi) is 5.39. The van der Waals surface area contributed by atoms with Crippen LogP contribution in [0.15, 0.2) is 29.2 Å². The number of hydrogen-bond donors (Lipinski definition) is 2. The fourth-order valence-electron chi connectivity index (χ4n) is 6.10. The summed E-state index contributed by atoms with van der Waals surface area (Å²) in [6.45, 7) is -0.123. The molecule has 4 aliphatic rings. The van der Waals surface area contributed by atoms with Crippen LogP contribution in [0, 0.1) is 0 Å². The number of aromatic nitrogens is 2. The van der Waals surface area contributed by atoms with E-state index in [-0.39, 0.29) is 35.4 Å². The van der Waals surface area contributed by atoms with Crippen LogP contribution in [-0.2, 0) is 16.7 Å². The summed E-state index contributed by atoms with van der Waals surface area (Å²) in [5.41, 5.74) is 0.224. The van der Waals surface area contributed by atoms with Crippen LogP contribution in [0.5, 0.6) is 0 Å². The highest BCUT2D eigenvalue weighted by Crippen LogP contribution is 2.48. The molecular formula is C24H27ClF2N4O2S. The van der Waals surface area contributed by atoms with Crippen molar-refractivity contribution in [2.24, 2.45) is 0 Å². The van der Waals surface area contributed by atoms with Gasteiger partial charge < -0.3 is 15.3 Å². The average Bonchev–Trinajstić information content (AvgIpc) is 3.18. The minimum absolute atomic E-state index is 0.00290. The summed E-state index contributed by atoms with van der Waals surface area (Å²) in [7, 11) is -1.89. The standard InChI is InChI=1S/C24H27ClF2N4O2S/c25-16-4-2-14(3-5-16)15-10-17-6-7-18(11-15)31(17)22-28-20-19(34(33)13-24(20,26)27)21(29-22)30-23(12-32)8-1-9-23/h2-5,15,17-18,32H,1,6-13H2,(H,28,29,30)/t15?,17?,18?,34-/m0/s1. The Hall–Kier alpha value is -1.84. The third kappa shape index (κ3) is 3.62. The lowest BCUT2D eigenvalue weighted by Crippen LogP contribution is -2.49. The summed E-state index contributed by atoms with van der Waals surface area (Å²) in [4.78, 5) is 11.2. The largest absolute Gasteiger partial charge is 0.394 e. The van der Waals surface area contributed by atoms with Crippen molar-refractivity contribution in [1.82, 2.24) is 9.97 Å². The van der Waals surface area contributed by atoms with Gasteiger partial charge in [0, 0.05) is 17.1 Å². The lowest BCUT2D eigenvalue weighted by molar-refractivity contribution is 0.0191. The lowest BCUT2D eigenvalue weighted by atomic mass is 9.77. The smallest absolute Gasteiger partial charge is 0.302 e. The highest BCUT2D eigenvalue weighted by Gasteiger charge is 2.51. The second-order valence-electron chi connectivity index (χ2n) is 10.2. The second kappa shape index (κ2) is 8.10. The number of rotatable bonds is 5. The molecule has 1 aromatic heterocycles. The molecule has 1 aliphatic carbocycles. The van der Waals surface area contributed by atoms with Gasteiger partial charge in [0.2, 0.25) is 5.95 Å². The summed E-state index contributed by atoms with van der Waals surface area (Å²) < 4.78 is 42.4. The summed E-state index contributed by atoms with van der Waals surface area (Å²) >= 11 is 6.06. The minimum atomic E-state index is -3.26. The maximum Gasteiger partial charge on any atom is 0.302 e. The van der Waals surface area contributed by atoms with Crippen LogP contribution in [-0.4, -0.2) is 49.3 Å². The maximum atomic E-state index is 14.9. The fourth-order valence-corrected chi connectivity index (χ4v) is 7.55. The molecule has 2 saturated heterocycles. The van der Waals surface area contributed by atoms with Crippen molar-refractivity contribution in [2.45, 2.75) is 79.3 Å². The molecule has 34 heavy (non-hydrogen) atoms. The van der Waals surface area contributed by atoms with E-state index < -0.39 is 33.7 Å². The highest BCUT2D eigenvalue weighted by atomic mass is 35.5. The van der Waals surface area contributed by atoms with Crippen LogP contribution in [0.4, 0.5) is 20.5 Å². The molecule has 3 aliphatic heterocycles. The molecule has 4 heterocycles. The van der Waals surface area contributed by atoms with Gasteiger partial charge in [0.25, 0.3) is 0 Å². The molecule has 182 valence electrons. The van der Waals surface area contributed by atoms with Gasteiger partial charge in [0.15, 0.2) is 0 Å². The summed E-state index contributed by atoms with van der Waals surface area (Å²) in [5, 5.41) is 13.9. The molecule has 1 saturated carbocycles. The van der Waals surface area contributed by atoms with Crippen molar-refractivity contribution < 1.29 is 18.1 Å². The van der Waals surface area contributed by atoms with E-state index in [0.717, 1.165) is 44.9 Å². The SMILES string of the molecule is O=[S@]1CC(F)(F)c2nc(N3C4CCC3CC(c3ccc(Cl)cc3)C4)nc(NC3(CO)CCC3)c21. The highest BCUT2D eigenvalue weighted by molar-refractivity contribution is 7.85. The number of alkyl halides is 2. The van der Waals surface area contributed by atoms with Gasteiger partial charge in [-0.05, 0) is 68.6 Å².